The zero-order valence-electron chi connectivity index (χ0n) is 13.2. The molecule has 0 aliphatic carbocycles. The number of thiazole rings is 1. The number of hydrogen-bond acceptors (Lipinski definition) is 6. The minimum absolute atomic E-state index is 0.273. The SMILES string of the molecule is COc1cccc(NC(=O)c2csc(Nc3cccc(C)n3)n2)c1. The van der Waals surface area contributed by atoms with Crippen LogP contribution in [0.2, 0.25) is 0 Å². The lowest BCUT2D eigenvalue weighted by Crippen LogP contribution is -2.12. The normalized spacial score (nSPS) is 10.2. The first-order valence-corrected chi connectivity index (χ1v) is 8.13. The lowest BCUT2D eigenvalue weighted by molar-refractivity contribution is 0.102. The maximum atomic E-state index is 12.3. The lowest BCUT2D eigenvalue weighted by atomic mass is 10.3. The first-order valence-electron chi connectivity index (χ1n) is 7.25. The van der Waals surface area contributed by atoms with Gasteiger partial charge in [-0.1, -0.05) is 12.1 Å². The van der Waals surface area contributed by atoms with Crippen LogP contribution in [0.4, 0.5) is 16.6 Å². The highest BCUT2D eigenvalue weighted by molar-refractivity contribution is 7.14. The Morgan fingerprint density at radius 2 is 2.00 bits per heavy atom. The number of carbonyl (C=O) groups excluding carboxylic acids is 1. The van der Waals surface area contributed by atoms with Crippen molar-refractivity contribution in [2.45, 2.75) is 6.92 Å². The largest absolute Gasteiger partial charge is 0.497 e. The molecule has 0 bridgehead atoms. The van der Waals surface area contributed by atoms with Gasteiger partial charge in [-0.15, -0.1) is 11.3 Å². The molecule has 3 rings (SSSR count). The number of methoxy groups -OCH3 is 1. The number of nitrogens with one attached hydrogen (secondary N) is 2. The molecule has 3 aromatic rings. The van der Waals surface area contributed by atoms with Gasteiger partial charge in [0.15, 0.2) is 5.13 Å². The van der Waals surface area contributed by atoms with Gasteiger partial charge in [0.1, 0.15) is 17.3 Å². The third-order valence-corrected chi connectivity index (χ3v) is 3.95. The maximum absolute atomic E-state index is 12.3. The van der Waals surface area contributed by atoms with E-state index in [-0.39, 0.29) is 5.91 Å². The number of anilines is 3. The number of rotatable bonds is 5. The van der Waals surface area contributed by atoms with Crippen LogP contribution in [0.25, 0.3) is 0 Å². The summed E-state index contributed by atoms with van der Waals surface area (Å²) in [6, 6.07) is 12.9. The van der Waals surface area contributed by atoms with Crippen molar-refractivity contribution >= 4 is 33.9 Å². The van der Waals surface area contributed by atoms with Crippen LogP contribution in [0.1, 0.15) is 16.2 Å². The van der Waals surface area contributed by atoms with E-state index in [0.717, 1.165) is 5.69 Å². The Labute approximate surface area is 143 Å². The van der Waals surface area contributed by atoms with E-state index >= 15 is 0 Å². The summed E-state index contributed by atoms with van der Waals surface area (Å²) in [5.41, 5.74) is 1.91. The van der Waals surface area contributed by atoms with Crippen molar-refractivity contribution in [3.05, 3.63) is 59.2 Å². The minimum Gasteiger partial charge on any atom is -0.497 e. The summed E-state index contributed by atoms with van der Waals surface area (Å²) in [6.07, 6.45) is 0. The van der Waals surface area contributed by atoms with Gasteiger partial charge < -0.3 is 15.4 Å². The van der Waals surface area contributed by atoms with E-state index in [1.165, 1.54) is 11.3 Å². The van der Waals surface area contributed by atoms with Gasteiger partial charge in [-0.25, -0.2) is 9.97 Å². The summed E-state index contributed by atoms with van der Waals surface area (Å²) in [5, 5.41) is 8.22. The van der Waals surface area contributed by atoms with Gasteiger partial charge >= 0.3 is 0 Å². The van der Waals surface area contributed by atoms with Gasteiger partial charge in [0, 0.05) is 22.8 Å². The Bertz CT molecular complexity index is 863. The molecule has 0 saturated heterocycles. The second-order valence-corrected chi connectivity index (χ2v) is 5.87. The Balaban J connectivity index is 1.69. The molecule has 0 spiro atoms. The third-order valence-electron chi connectivity index (χ3n) is 3.19. The molecule has 0 unspecified atom stereocenters. The number of amides is 1. The minimum atomic E-state index is -0.273. The molecule has 2 heterocycles. The summed E-state index contributed by atoms with van der Waals surface area (Å²) < 4.78 is 5.14. The number of ether oxygens (including phenoxy) is 1. The average Bonchev–Trinajstić information content (AvgIpc) is 3.04. The molecule has 0 fully saturated rings. The molecule has 0 saturated carbocycles. The second kappa shape index (κ2) is 7.10. The summed E-state index contributed by atoms with van der Waals surface area (Å²) in [5.74, 6) is 1.10. The van der Waals surface area contributed by atoms with Gasteiger partial charge in [0.05, 0.1) is 7.11 Å². The van der Waals surface area contributed by atoms with Crippen LogP contribution in [0, 0.1) is 6.92 Å². The van der Waals surface area contributed by atoms with Crippen molar-refractivity contribution in [2.75, 3.05) is 17.7 Å². The molecule has 0 atom stereocenters. The van der Waals surface area contributed by atoms with Crippen LogP contribution >= 0.6 is 11.3 Å². The van der Waals surface area contributed by atoms with Crippen LogP contribution in [-0.4, -0.2) is 23.0 Å². The molecule has 0 aliphatic heterocycles. The zero-order valence-corrected chi connectivity index (χ0v) is 14.1. The predicted molar refractivity (Wildman–Crippen MR) is 95.3 cm³/mol. The molecule has 0 radical (unpaired) electrons. The van der Waals surface area contributed by atoms with Crippen molar-refractivity contribution < 1.29 is 9.53 Å². The van der Waals surface area contributed by atoms with Crippen molar-refractivity contribution in [1.82, 2.24) is 9.97 Å². The smallest absolute Gasteiger partial charge is 0.275 e. The summed E-state index contributed by atoms with van der Waals surface area (Å²) in [4.78, 5) is 20.9. The van der Waals surface area contributed by atoms with Gasteiger partial charge in [0.2, 0.25) is 0 Å². The fourth-order valence-corrected chi connectivity index (χ4v) is 2.75. The molecule has 6 nitrogen and oxygen atoms in total. The van der Waals surface area contributed by atoms with Crippen LogP contribution in [0.3, 0.4) is 0 Å². The molecule has 24 heavy (non-hydrogen) atoms. The number of aryl methyl sites for hydroxylation is 1. The number of aromatic nitrogens is 2. The Hall–Kier alpha value is -2.93. The Morgan fingerprint density at radius 1 is 1.17 bits per heavy atom. The van der Waals surface area contributed by atoms with E-state index in [4.69, 9.17) is 4.74 Å². The van der Waals surface area contributed by atoms with Gasteiger partial charge in [-0.2, -0.15) is 0 Å². The van der Waals surface area contributed by atoms with Crippen LogP contribution < -0.4 is 15.4 Å². The number of carbonyl (C=O) groups is 1. The lowest BCUT2D eigenvalue weighted by Gasteiger charge is -2.05. The highest BCUT2D eigenvalue weighted by Gasteiger charge is 2.12. The molecule has 2 N–H and O–H groups in total. The van der Waals surface area contributed by atoms with Crippen LogP contribution in [0.15, 0.2) is 47.8 Å². The van der Waals surface area contributed by atoms with Gasteiger partial charge in [-0.3, -0.25) is 4.79 Å². The average molecular weight is 340 g/mol. The topological polar surface area (TPSA) is 76.1 Å². The fraction of sp³-hybridized carbons (Fsp3) is 0.118. The number of nitrogens with zero attached hydrogens (tertiary/aromatic N) is 2. The quantitative estimate of drug-likeness (QED) is 0.738. The highest BCUT2D eigenvalue weighted by Crippen LogP contribution is 2.21. The molecule has 1 aromatic carbocycles. The van der Waals surface area contributed by atoms with Crippen molar-refractivity contribution in [3.63, 3.8) is 0 Å². The van der Waals surface area contributed by atoms with Crippen molar-refractivity contribution in [2.24, 2.45) is 0 Å². The molecule has 2 aromatic heterocycles. The van der Waals surface area contributed by atoms with E-state index in [1.807, 2.05) is 37.3 Å². The monoisotopic (exact) mass is 340 g/mol. The second-order valence-electron chi connectivity index (χ2n) is 5.01. The molecular weight excluding hydrogens is 324 g/mol. The van der Waals surface area contributed by atoms with Gasteiger partial charge in [-0.05, 0) is 31.2 Å². The fourth-order valence-electron chi connectivity index (χ4n) is 2.05. The first-order chi connectivity index (χ1) is 11.6. The van der Waals surface area contributed by atoms with E-state index in [1.54, 1.807) is 24.6 Å². The third kappa shape index (κ3) is 3.88. The number of hydrogen-bond donors (Lipinski definition) is 2. The molecular formula is C17H16N4O2S. The molecule has 7 heteroatoms. The maximum Gasteiger partial charge on any atom is 0.275 e. The van der Waals surface area contributed by atoms with Gasteiger partial charge in [0.25, 0.3) is 5.91 Å². The van der Waals surface area contributed by atoms with Crippen LogP contribution in [0.5, 0.6) is 5.75 Å². The van der Waals surface area contributed by atoms with Crippen LogP contribution in [-0.2, 0) is 0 Å². The Kier molecular flexibility index (Phi) is 4.72. The molecule has 1 amide bonds. The molecule has 122 valence electrons. The summed E-state index contributed by atoms with van der Waals surface area (Å²) in [6.45, 7) is 1.92. The van der Waals surface area contributed by atoms with E-state index in [0.29, 0.717) is 28.1 Å². The van der Waals surface area contributed by atoms with Crippen molar-refractivity contribution in [3.8, 4) is 5.75 Å². The Morgan fingerprint density at radius 3 is 2.79 bits per heavy atom. The summed E-state index contributed by atoms with van der Waals surface area (Å²) >= 11 is 1.35. The zero-order chi connectivity index (χ0) is 16.9. The highest BCUT2D eigenvalue weighted by atomic mass is 32.1. The standard InChI is InChI=1S/C17H16N4O2S/c1-11-5-3-8-15(18-11)21-17-20-14(10-24-17)16(22)19-12-6-4-7-13(9-12)23-2/h3-10H,1-2H3,(H,19,22)(H,18,20,21). The van der Waals surface area contributed by atoms with E-state index in [2.05, 4.69) is 20.6 Å². The number of benzene rings is 1. The summed E-state index contributed by atoms with van der Waals surface area (Å²) in [7, 11) is 1.58. The first kappa shape index (κ1) is 15.9. The van der Waals surface area contributed by atoms with Crippen molar-refractivity contribution in [1.29, 1.82) is 0 Å². The van der Waals surface area contributed by atoms with E-state index < -0.39 is 0 Å². The number of pyridine rings is 1. The van der Waals surface area contributed by atoms with E-state index in [9.17, 15) is 4.79 Å². The predicted octanol–water partition coefficient (Wildman–Crippen LogP) is 3.85. The molecule has 0 aliphatic rings.